The molecule has 7 nitrogen and oxygen atoms in total. The van der Waals surface area contributed by atoms with Crippen molar-refractivity contribution in [1.29, 1.82) is 0 Å². The van der Waals surface area contributed by atoms with E-state index in [1.165, 1.54) is 7.11 Å². The highest BCUT2D eigenvalue weighted by molar-refractivity contribution is 7.18. The van der Waals surface area contributed by atoms with Crippen LogP contribution in [0.15, 0.2) is 30.6 Å². The van der Waals surface area contributed by atoms with Gasteiger partial charge in [-0.05, 0) is 42.7 Å². The molecule has 0 unspecified atom stereocenters. The smallest absolute Gasteiger partial charge is 0.409 e. The minimum atomic E-state index is -0.373. The van der Waals surface area contributed by atoms with E-state index in [0.29, 0.717) is 30.8 Å². The predicted octanol–water partition coefficient (Wildman–Crippen LogP) is 3.38. The molecule has 1 aliphatic rings. The maximum absolute atomic E-state index is 12.8. The van der Waals surface area contributed by atoms with Gasteiger partial charge in [-0.25, -0.2) is 9.78 Å². The number of methoxy groups -OCH3 is 1. The number of rotatable bonds is 2. The Morgan fingerprint density at radius 3 is 2.96 bits per heavy atom. The van der Waals surface area contributed by atoms with Crippen LogP contribution in [0.4, 0.5) is 10.5 Å². The number of amides is 2. The number of nitrogens with one attached hydrogen (secondary N) is 1. The molecule has 8 heteroatoms. The summed E-state index contributed by atoms with van der Waals surface area (Å²) in [5, 5.41) is 3.93. The second-order valence-electron chi connectivity index (χ2n) is 6.34. The van der Waals surface area contributed by atoms with E-state index in [-0.39, 0.29) is 12.0 Å². The molecule has 2 aromatic heterocycles. The molecule has 0 spiro atoms. The highest BCUT2D eigenvalue weighted by atomic mass is 32.1. The van der Waals surface area contributed by atoms with Gasteiger partial charge in [0.2, 0.25) is 0 Å². The molecule has 138 valence electrons. The van der Waals surface area contributed by atoms with E-state index in [1.807, 2.05) is 25.1 Å². The summed E-state index contributed by atoms with van der Waals surface area (Å²) in [5.74, 6) is -0.211. The van der Waals surface area contributed by atoms with E-state index in [9.17, 15) is 9.59 Å². The van der Waals surface area contributed by atoms with Gasteiger partial charge in [0.15, 0.2) is 0 Å². The molecule has 27 heavy (non-hydrogen) atoms. The zero-order valence-corrected chi connectivity index (χ0v) is 15.8. The van der Waals surface area contributed by atoms with Crippen molar-refractivity contribution in [2.24, 2.45) is 0 Å². The summed E-state index contributed by atoms with van der Waals surface area (Å²) in [4.78, 5) is 34.8. The number of pyridine rings is 1. The number of anilines is 1. The largest absolute Gasteiger partial charge is 0.453 e. The maximum Gasteiger partial charge on any atom is 0.409 e. The van der Waals surface area contributed by atoms with Gasteiger partial charge >= 0.3 is 6.09 Å². The summed E-state index contributed by atoms with van der Waals surface area (Å²) in [6.45, 7) is 2.86. The summed E-state index contributed by atoms with van der Waals surface area (Å²) in [5.41, 5.74) is 3.89. The maximum atomic E-state index is 12.8. The SMILES string of the molecule is COC(=O)N1CCc2c(cncc2C(=O)Nc2ccc3sc(C)nc3c2)C1. The van der Waals surface area contributed by atoms with E-state index in [4.69, 9.17) is 4.74 Å². The number of thiazole rings is 1. The van der Waals surface area contributed by atoms with Crippen LogP contribution >= 0.6 is 11.3 Å². The lowest BCUT2D eigenvalue weighted by molar-refractivity contribution is 0.102. The van der Waals surface area contributed by atoms with Crippen molar-refractivity contribution in [2.75, 3.05) is 19.0 Å². The van der Waals surface area contributed by atoms with Crippen LogP contribution < -0.4 is 5.32 Å². The van der Waals surface area contributed by atoms with Crippen molar-refractivity contribution in [1.82, 2.24) is 14.9 Å². The molecule has 1 aromatic carbocycles. The molecule has 0 bridgehead atoms. The fourth-order valence-electron chi connectivity index (χ4n) is 3.29. The van der Waals surface area contributed by atoms with Crippen LogP contribution in [0.5, 0.6) is 0 Å². The molecule has 1 N–H and O–H groups in total. The molecular weight excluding hydrogens is 364 g/mol. The Morgan fingerprint density at radius 1 is 1.30 bits per heavy atom. The number of fused-ring (bicyclic) bond motifs is 2. The Labute approximate surface area is 160 Å². The number of carbonyl (C=O) groups is 2. The predicted molar refractivity (Wildman–Crippen MR) is 103 cm³/mol. The lowest BCUT2D eigenvalue weighted by Crippen LogP contribution is -2.36. The van der Waals surface area contributed by atoms with Crippen molar-refractivity contribution in [3.8, 4) is 0 Å². The number of ether oxygens (including phenoxy) is 1. The zero-order chi connectivity index (χ0) is 19.0. The molecule has 0 fully saturated rings. The third-order valence-corrected chi connectivity index (χ3v) is 5.52. The Bertz CT molecular complexity index is 1050. The van der Waals surface area contributed by atoms with Gasteiger partial charge in [-0.1, -0.05) is 0 Å². The van der Waals surface area contributed by atoms with Crippen molar-refractivity contribution < 1.29 is 14.3 Å². The van der Waals surface area contributed by atoms with Crippen LogP contribution in [0.25, 0.3) is 10.2 Å². The average Bonchev–Trinajstić information content (AvgIpc) is 3.05. The molecule has 0 aliphatic carbocycles. The molecule has 2 amide bonds. The van der Waals surface area contributed by atoms with Crippen LogP contribution in [0.2, 0.25) is 0 Å². The van der Waals surface area contributed by atoms with Crippen LogP contribution in [0, 0.1) is 6.92 Å². The van der Waals surface area contributed by atoms with E-state index >= 15 is 0 Å². The highest BCUT2D eigenvalue weighted by Crippen LogP contribution is 2.26. The monoisotopic (exact) mass is 382 g/mol. The molecule has 0 atom stereocenters. The normalized spacial score (nSPS) is 13.3. The first-order valence-electron chi connectivity index (χ1n) is 8.52. The summed E-state index contributed by atoms with van der Waals surface area (Å²) < 4.78 is 5.87. The van der Waals surface area contributed by atoms with E-state index in [1.54, 1.807) is 28.6 Å². The molecular formula is C19H18N4O3S. The summed E-state index contributed by atoms with van der Waals surface area (Å²) in [6, 6.07) is 5.71. The van der Waals surface area contributed by atoms with Gasteiger partial charge in [-0.15, -0.1) is 11.3 Å². The number of carbonyl (C=O) groups excluding carboxylic acids is 2. The van der Waals surface area contributed by atoms with E-state index in [2.05, 4.69) is 15.3 Å². The van der Waals surface area contributed by atoms with Crippen LogP contribution in [-0.2, 0) is 17.7 Å². The summed E-state index contributed by atoms with van der Waals surface area (Å²) in [6.07, 6.45) is 3.49. The van der Waals surface area contributed by atoms with Gasteiger partial charge < -0.3 is 15.0 Å². The van der Waals surface area contributed by atoms with Crippen molar-refractivity contribution >= 4 is 39.2 Å². The van der Waals surface area contributed by atoms with E-state index < -0.39 is 0 Å². The molecule has 0 saturated heterocycles. The number of nitrogens with zero attached hydrogens (tertiary/aromatic N) is 3. The Kier molecular flexibility index (Phi) is 4.49. The minimum absolute atomic E-state index is 0.211. The number of aryl methyl sites for hydroxylation is 1. The Balaban J connectivity index is 1.58. The minimum Gasteiger partial charge on any atom is -0.453 e. The fraction of sp³-hybridized carbons (Fsp3) is 0.263. The van der Waals surface area contributed by atoms with Gasteiger partial charge in [0, 0.05) is 24.6 Å². The fourth-order valence-corrected chi connectivity index (χ4v) is 4.10. The molecule has 0 radical (unpaired) electrons. The van der Waals surface area contributed by atoms with Gasteiger partial charge in [-0.3, -0.25) is 9.78 Å². The van der Waals surface area contributed by atoms with Crippen molar-refractivity contribution in [2.45, 2.75) is 19.9 Å². The standard InChI is InChI=1S/C19H18N4O3S/c1-11-21-16-7-13(3-4-17(16)27-11)22-18(24)15-9-20-8-12-10-23(19(25)26-2)6-5-14(12)15/h3-4,7-9H,5-6,10H2,1-2H3,(H,22,24). The number of hydrogen-bond donors (Lipinski definition) is 1. The second-order valence-corrected chi connectivity index (χ2v) is 7.57. The Hall–Kier alpha value is -3.00. The number of aromatic nitrogens is 2. The second kappa shape index (κ2) is 6.96. The number of benzene rings is 1. The zero-order valence-electron chi connectivity index (χ0n) is 15.0. The van der Waals surface area contributed by atoms with E-state index in [0.717, 1.165) is 26.4 Å². The van der Waals surface area contributed by atoms with Gasteiger partial charge in [0.05, 0.1) is 34.4 Å². The van der Waals surface area contributed by atoms with Crippen molar-refractivity contribution in [3.63, 3.8) is 0 Å². The highest BCUT2D eigenvalue weighted by Gasteiger charge is 2.25. The molecule has 0 saturated carbocycles. The topological polar surface area (TPSA) is 84.4 Å². The number of hydrogen-bond acceptors (Lipinski definition) is 6. The van der Waals surface area contributed by atoms with Crippen LogP contribution in [0.1, 0.15) is 26.5 Å². The lowest BCUT2D eigenvalue weighted by Gasteiger charge is -2.28. The first-order valence-corrected chi connectivity index (χ1v) is 9.34. The van der Waals surface area contributed by atoms with Gasteiger partial charge in [0.25, 0.3) is 5.91 Å². The molecule has 3 aromatic rings. The third kappa shape index (κ3) is 3.35. The summed E-state index contributed by atoms with van der Waals surface area (Å²) >= 11 is 1.62. The first kappa shape index (κ1) is 17.4. The van der Waals surface area contributed by atoms with Crippen LogP contribution in [-0.4, -0.2) is 40.5 Å². The molecule has 1 aliphatic heterocycles. The molecule has 3 heterocycles. The van der Waals surface area contributed by atoms with Gasteiger partial charge in [0.1, 0.15) is 0 Å². The van der Waals surface area contributed by atoms with Crippen molar-refractivity contribution in [3.05, 3.63) is 52.3 Å². The van der Waals surface area contributed by atoms with Crippen LogP contribution in [0.3, 0.4) is 0 Å². The van der Waals surface area contributed by atoms with Gasteiger partial charge in [-0.2, -0.15) is 0 Å². The lowest BCUT2D eigenvalue weighted by atomic mass is 9.97. The first-order chi connectivity index (χ1) is 13.0. The summed E-state index contributed by atoms with van der Waals surface area (Å²) in [7, 11) is 1.36. The third-order valence-electron chi connectivity index (χ3n) is 4.57. The quantitative estimate of drug-likeness (QED) is 0.734. The Morgan fingerprint density at radius 2 is 2.15 bits per heavy atom. The molecule has 4 rings (SSSR count). The average molecular weight is 382 g/mol.